The summed E-state index contributed by atoms with van der Waals surface area (Å²) >= 11 is 0. The number of aliphatic hydroxyl groups is 1. The molecule has 0 heterocycles. The van der Waals surface area contributed by atoms with Crippen LogP contribution in [0, 0.1) is 13.8 Å². The number of carbonyl (C=O) groups is 1. The van der Waals surface area contributed by atoms with Crippen LogP contribution in [0.5, 0.6) is 0 Å². The Morgan fingerprint density at radius 1 is 0.893 bits per heavy atom. The normalized spacial score (nSPS) is 11.3. The highest BCUT2D eigenvalue weighted by Crippen LogP contribution is 2.28. The van der Waals surface area contributed by atoms with Crippen LogP contribution >= 0.6 is 0 Å². The van der Waals surface area contributed by atoms with Crippen molar-refractivity contribution < 1.29 is 9.90 Å². The molecule has 0 atom stereocenters. The van der Waals surface area contributed by atoms with Crippen molar-refractivity contribution >= 4 is 17.3 Å². The molecule has 0 saturated carbocycles. The summed E-state index contributed by atoms with van der Waals surface area (Å²) < 4.78 is 0. The zero-order chi connectivity index (χ0) is 20.6. The predicted molar refractivity (Wildman–Crippen MR) is 117 cm³/mol. The summed E-state index contributed by atoms with van der Waals surface area (Å²) in [5, 5.41) is 12.8. The molecular weight excluding hydrogens is 348 g/mol. The first-order chi connectivity index (χ1) is 13.4. The Balaban J connectivity index is 2.37. The van der Waals surface area contributed by atoms with Gasteiger partial charge in [-0.3, -0.25) is 10.2 Å². The SMILES string of the molecule is CCCCC(O)(CCCC)C(=O)N(Nc1ccc(C)cc1)c1ccc(C)cc1. The summed E-state index contributed by atoms with van der Waals surface area (Å²) in [5.74, 6) is -0.293. The Labute approximate surface area is 169 Å². The number of rotatable bonds is 10. The highest BCUT2D eigenvalue weighted by atomic mass is 16.3. The van der Waals surface area contributed by atoms with Crippen LogP contribution in [0.3, 0.4) is 0 Å². The van der Waals surface area contributed by atoms with Crippen molar-refractivity contribution in [2.24, 2.45) is 0 Å². The Kier molecular flexibility index (Phi) is 8.06. The van der Waals surface area contributed by atoms with E-state index in [0.717, 1.165) is 48.2 Å². The lowest BCUT2D eigenvalue weighted by atomic mass is 9.89. The molecule has 2 aromatic carbocycles. The monoisotopic (exact) mass is 382 g/mol. The minimum Gasteiger partial charge on any atom is -0.380 e. The van der Waals surface area contributed by atoms with Gasteiger partial charge in [-0.05, 0) is 51.0 Å². The molecule has 4 heteroatoms. The van der Waals surface area contributed by atoms with Crippen LogP contribution in [0.4, 0.5) is 11.4 Å². The number of hydrogen-bond acceptors (Lipinski definition) is 3. The van der Waals surface area contributed by atoms with Crippen molar-refractivity contribution in [2.45, 2.75) is 71.8 Å². The van der Waals surface area contributed by atoms with Gasteiger partial charge in [-0.15, -0.1) is 0 Å². The molecule has 4 nitrogen and oxygen atoms in total. The fourth-order valence-corrected chi connectivity index (χ4v) is 3.17. The van der Waals surface area contributed by atoms with Crippen LogP contribution in [0.25, 0.3) is 0 Å². The van der Waals surface area contributed by atoms with E-state index in [0.29, 0.717) is 12.8 Å². The van der Waals surface area contributed by atoms with Gasteiger partial charge in [0.15, 0.2) is 0 Å². The van der Waals surface area contributed by atoms with Crippen molar-refractivity contribution in [1.82, 2.24) is 0 Å². The van der Waals surface area contributed by atoms with E-state index in [9.17, 15) is 9.90 Å². The highest BCUT2D eigenvalue weighted by Gasteiger charge is 2.39. The zero-order valence-corrected chi connectivity index (χ0v) is 17.7. The molecule has 0 aliphatic heterocycles. The summed E-state index contributed by atoms with van der Waals surface area (Å²) in [6.07, 6.45) is 4.46. The van der Waals surface area contributed by atoms with Gasteiger partial charge >= 0.3 is 0 Å². The Hall–Kier alpha value is -2.33. The van der Waals surface area contributed by atoms with Crippen LogP contribution < -0.4 is 10.4 Å². The number of benzene rings is 2. The van der Waals surface area contributed by atoms with Gasteiger partial charge in [0.25, 0.3) is 5.91 Å². The third-order valence-electron chi connectivity index (χ3n) is 5.07. The number of nitrogens with zero attached hydrogens (tertiary/aromatic N) is 1. The highest BCUT2D eigenvalue weighted by molar-refractivity contribution is 6.00. The van der Waals surface area contributed by atoms with Crippen LogP contribution in [0.2, 0.25) is 0 Å². The second-order valence-corrected chi connectivity index (χ2v) is 7.69. The molecule has 0 bridgehead atoms. The van der Waals surface area contributed by atoms with Gasteiger partial charge in [-0.2, -0.15) is 0 Å². The third kappa shape index (κ3) is 5.83. The maximum Gasteiger partial charge on any atom is 0.277 e. The van der Waals surface area contributed by atoms with E-state index < -0.39 is 5.60 Å². The molecule has 0 aromatic heterocycles. The molecule has 0 spiro atoms. The maximum absolute atomic E-state index is 13.5. The van der Waals surface area contributed by atoms with E-state index in [4.69, 9.17) is 0 Å². The maximum atomic E-state index is 13.5. The summed E-state index contributed by atoms with van der Waals surface area (Å²) in [6, 6.07) is 15.7. The van der Waals surface area contributed by atoms with Crippen molar-refractivity contribution in [3.05, 3.63) is 59.7 Å². The lowest BCUT2D eigenvalue weighted by Gasteiger charge is -2.34. The van der Waals surface area contributed by atoms with E-state index in [2.05, 4.69) is 19.3 Å². The molecule has 2 rings (SSSR count). The van der Waals surface area contributed by atoms with E-state index in [1.807, 2.05) is 62.4 Å². The van der Waals surface area contributed by atoms with Crippen LogP contribution in [0.1, 0.15) is 63.5 Å². The molecule has 2 N–H and O–H groups in total. The molecule has 0 aliphatic rings. The number of carbonyl (C=O) groups excluding carboxylic acids is 1. The van der Waals surface area contributed by atoms with Crippen molar-refractivity contribution in [3.63, 3.8) is 0 Å². The second-order valence-electron chi connectivity index (χ2n) is 7.69. The van der Waals surface area contributed by atoms with Crippen LogP contribution in [-0.4, -0.2) is 16.6 Å². The molecule has 0 aliphatic carbocycles. The largest absolute Gasteiger partial charge is 0.380 e. The second kappa shape index (κ2) is 10.3. The molecule has 0 unspecified atom stereocenters. The van der Waals surface area contributed by atoms with Crippen molar-refractivity contribution in [1.29, 1.82) is 0 Å². The molecule has 0 radical (unpaired) electrons. The first-order valence-corrected chi connectivity index (χ1v) is 10.4. The lowest BCUT2D eigenvalue weighted by Crippen LogP contribution is -2.51. The van der Waals surface area contributed by atoms with Gasteiger partial charge in [0.1, 0.15) is 5.60 Å². The Bertz CT molecular complexity index is 730. The van der Waals surface area contributed by atoms with E-state index in [-0.39, 0.29) is 5.91 Å². The first kappa shape index (κ1) is 22.0. The number of anilines is 2. The van der Waals surface area contributed by atoms with Crippen molar-refractivity contribution in [3.8, 4) is 0 Å². The average Bonchev–Trinajstić information content (AvgIpc) is 2.70. The number of amides is 1. The van der Waals surface area contributed by atoms with Gasteiger partial charge in [0.2, 0.25) is 0 Å². The standard InChI is InChI=1S/C24H34N2O2/c1-5-7-17-24(28,18-8-6-2)23(27)26(22-15-11-20(4)12-16-22)25-21-13-9-19(3)10-14-21/h9-16,25,28H,5-8,17-18H2,1-4H3. The first-order valence-electron chi connectivity index (χ1n) is 10.4. The molecule has 0 fully saturated rings. The number of aryl methyl sites for hydroxylation is 2. The average molecular weight is 383 g/mol. The van der Waals surface area contributed by atoms with E-state index >= 15 is 0 Å². The fraction of sp³-hybridized carbons (Fsp3) is 0.458. The van der Waals surface area contributed by atoms with Gasteiger partial charge in [-0.1, -0.05) is 74.9 Å². The molecule has 152 valence electrons. The molecular formula is C24H34N2O2. The topological polar surface area (TPSA) is 52.6 Å². The van der Waals surface area contributed by atoms with E-state index in [1.54, 1.807) is 0 Å². The number of unbranched alkanes of at least 4 members (excludes halogenated alkanes) is 2. The number of nitrogens with one attached hydrogen (secondary N) is 1. The molecule has 0 saturated heterocycles. The van der Waals surface area contributed by atoms with Crippen LogP contribution in [-0.2, 0) is 4.79 Å². The van der Waals surface area contributed by atoms with Gasteiger partial charge in [0, 0.05) is 0 Å². The van der Waals surface area contributed by atoms with Gasteiger partial charge < -0.3 is 5.11 Å². The van der Waals surface area contributed by atoms with E-state index in [1.165, 1.54) is 5.01 Å². The Morgan fingerprint density at radius 2 is 1.36 bits per heavy atom. The third-order valence-corrected chi connectivity index (χ3v) is 5.07. The quantitative estimate of drug-likeness (QED) is 0.513. The summed E-state index contributed by atoms with van der Waals surface area (Å²) in [5.41, 5.74) is 5.67. The lowest BCUT2D eigenvalue weighted by molar-refractivity contribution is -0.138. The Morgan fingerprint density at radius 3 is 1.82 bits per heavy atom. The summed E-state index contributed by atoms with van der Waals surface area (Å²) in [7, 11) is 0. The van der Waals surface area contributed by atoms with Gasteiger partial charge in [0.05, 0.1) is 11.4 Å². The summed E-state index contributed by atoms with van der Waals surface area (Å²) in [4.78, 5) is 13.5. The molecule has 28 heavy (non-hydrogen) atoms. The molecule has 2 aromatic rings. The van der Waals surface area contributed by atoms with Gasteiger partial charge in [-0.25, -0.2) is 5.01 Å². The minimum atomic E-state index is -1.37. The minimum absolute atomic E-state index is 0.293. The summed E-state index contributed by atoms with van der Waals surface area (Å²) in [6.45, 7) is 8.20. The number of hydrogen-bond donors (Lipinski definition) is 2. The molecule has 1 amide bonds. The fourth-order valence-electron chi connectivity index (χ4n) is 3.17. The smallest absolute Gasteiger partial charge is 0.277 e. The zero-order valence-electron chi connectivity index (χ0n) is 17.7. The number of hydrazine groups is 1. The van der Waals surface area contributed by atoms with Crippen LogP contribution in [0.15, 0.2) is 48.5 Å². The van der Waals surface area contributed by atoms with Crippen molar-refractivity contribution in [2.75, 3.05) is 10.4 Å². The predicted octanol–water partition coefficient (Wildman–Crippen LogP) is 5.78.